The lowest BCUT2D eigenvalue weighted by molar-refractivity contribution is -0.385. The summed E-state index contributed by atoms with van der Waals surface area (Å²) in [7, 11) is -3.89. The van der Waals surface area contributed by atoms with Crippen LogP contribution in [-0.2, 0) is 15.4 Å². The van der Waals surface area contributed by atoms with Crippen molar-refractivity contribution in [2.45, 2.75) is 31.1 Å². The molecule has 1 aliphatic rings. The second kappa shape index (κ2) is 8.27. The quantitative estimate of drug-likeness (QED) is 0.463. The fourth-order valence-corrected chi connectivity index (χ4v) is 5.38. The highest BCUT2D eigenvalue weighted by atomic mass is 32.2. The third-order valence-corrected chi connectivity index (χ3v) is 7.81. The van der Waals surface area contributed by atoms with Crippen molar-refractivity contribution in [3.05, 3.63) is 69.9 Å². The minimum Gasteiger partial charge on any atom is -0.351 e. The van der Waals surface area contributed by atoms with E-state index in [1.165, 1.54) is 22.5 Å². The molecule has 1 saturated heterocycles. The van der Waals surface area contributed by atoms with Crippen molar-refractivity contribution in [1.82, 2.24) is 14.2 Å². The van der Waals surface area contributed by atoms with E-state index in [1.807, 2.05) is 12.1 Å². The van der Waals surface area contributed by atoms with Crippen LogP contribution in [0.4, 0.5) is 5.69 Å². The predicted molar refractivity (Wildman–Crippen MR) is 125 cm³/mol. The van der Waals surface area contributed by atoms with Gasteiger partial charge in [-0.05, 0) is 29.2 Å². The Morgan fingerprint density at radius 2 is 1.73 bits per heavy atom. The van der Waals surface area contributed by atoms with Crippen LogP contribution < -0.4 is 0 Å². The summed E-state index contributed by atoms with van der Waals surface area (Å²) in [6.45, 7) is 7.08. The van der Waals surface area contributed by atoms with Gasteiger partial charge in [0.25, 0.3) is 11.6 Å². The van der Waals surface area contributed by atoms with Crippen molar-refractivity contribution in [1.29, 1.82) is 0 Å². The van der Waals surface area contributed by atoms with Crippen LogP contribution >= 0.6 is 0 Å². The molecule has 0 aliphatic carbocycles. The lowest BCUT2D eigenvalue weighted by atomic mass is 9.87. The lowest BCUT2D eigenvalue weighted by Gasteiger charge is -2.33. The molecule has 1 fully saturated rings. The number of H-pyrrole nitrogens is 1. The summed E-state index contributed by atoms with van der Waals surface area (Å²) < 4.78 is 27.1. The van der Waals surface area contributed by atoms with Gasteiger partial charge < -0.3 is 9.88 Å². The molecule has 1 amide bonds. The normalized spacial score (nSPS) is 15.7. The summed E-state index contributed by atoms with van der Waals surface area (Å²) in [5, 5.41) is 11.9. The average Bonchev–Trinajstić information content (AvgIpc) is 3.21. The molecule has 0 atom stereocenters. The molecule has 0 radical (unpaired) electrons. The highest BCUT2D eigenvalue weighted by molar-refractivity contribution is 7.89. The maximum atomic E-state index is 13.0. The van der Waals surface area contributed by atoms with E-state index < -0.39 is 14.9 Å². The van der Waals surface area contributed by atoms with Gasteiger partial charge in [-0.3, -0.25) is 14.9 Å². The Morgan fingerprint density at radius 3 is 2.36 bits per heavy atom. The number of nitrogens with zero attached hydrogens (tertiary/aromatic N) is 3. The summed E-state index contributed by atoms with van der Waals surface area (Å²) in [4.78, 5) is 28.1. The van der Waals surface area contributed by atoms with E-state index >= 15 is 0 Å². The number of non-ortho nitro benzene ring substituents is 1. The van der Waals surface area contributed by atoms with E-state index in [0.29, 0.717) is 5.69 Å². The van der Waals surface area contributed by atoms with Crippen LogP contribution in [0.25, 0.3) is 10.9 Å². The van der Waals surface area contributed by atoms with Gasteiger partial charge >= 0.3 is 0 Å². The smallest absolute Gasteiger partial charge is 0.270 e. The first-order valence-corrected chi connectivity index (χ1v) is 12.1. The number of nitro benzene ring substituents is 1. The van der Waals surface area contributed by atoms with Gasteiger partial charge in [0.2, 0.25) is 10.0 Å². The number of piperazine rings is 1. The van der Waals surface area contributed by atoms with Crippen LogP contribution in [0.1, 0.15) is 36.8 Å². The predicted octanol–water partition coefficient (Wildman–Crippen LogP) is 3.52. The van der Waals surface area contributed by atoms with Gasteiger partial charge in [-0.1, -0.05) is 39.0 Å². The largest absolute Gasteiger partial charge is 0.351 e. The molecule has 1 aliphatic heterocycles. The number of sulfonamides is 1. The second-order valence-electron chi connectivity index (χ2n) is 9.19. The molecule has 3 aromatic rings. The maximum absolute atomic E-state index is 13.0. The topological polar surface area (TPSA) is 117 Å². The summed E-state index contributed by atoms with van der Waals surface area (Å²) in [6.07, 6.45) is 0. The van der Waals surface area contributed by atoms with Crippen molar-refractivity contribution in [3.8, 4) is 0 Å². The average molecular weight is 471 g/mol. The number of rotatable bonds is 4. The molecule has 33 heavy (non-hydrogen) atoms. The number of carbonyl (C=O) groups is 1. The maximum Gasteiger partial charge on any atom is 0.270 e. The Morgan fingerprint density at radius 1 is 1.03 bits per heavy atom. The summed E-state index contributed by atoms with van der Waals surface area (Å²) in [6, 6.07) is 12.9. The number of amides is 1. The van der Waals surface area contributed by atoms with Gasteiger partial charge in [0.15, 0.2) is 0 Å². The molecule has 1 aromatic heterocycles. The SMILES string of the molecule is CC(C)(C)c1ccc2cc(C(=O)N3CCN(S(=O)(=O)c4cccc([N+](=O)[O-])c4)CC3)[nH]c2c1. The lowest BCUT2D eigenvalue weighted by Crippen LogP contribution is -2.50. The van der Waals surface area contributed by atoms with Crippen molar-refractivity contribution in [2.24, 2.45) is 0 Å². The van der Waals surface area contributed by atoms with Crippen LogP contribution in [-0.4, -0.2) is 59.6 Å². The van der Waals surface area contributed by atoms with Crippen molar-refractivity contribution in [3.63, 3.8) is 0 Å². The van der Waals surface area contributed by atoms with E-state index in [2.05, 4.69) is 37.9 Å². The van der Waals surface area contributed by atoms with Gasteiger partial charge in [0, 0.05) is 49.2 Å². The van der Waals surface area contributed by atoms with E-state index in [0.717, 1.165) is 22.5 Å². The van der Waals surface area contributed by atoms with E-state index in [9.17, 15) is 23.3 Å². The standard InChI is InChI=1S/C23H26N4O5S/c1-23(2,3)17-8-7-16-13-21(24-20(16)14-17)22(28)25-9-11-26(12-10-25)33(31,32)19-6-4-5-18(15-19)27(29)30/h4-8,13-15,24H,9-12H2,1-3H3. The van der Waals surface area contributed by atoms with Crippen LogP contribution in [0, 0.1) is 10.1 Å². The van der Waals surface area contributed by atoms with Crippen molar-refractivity contribution in [2.75, 3.05) is 26.2 Å². The van der Waals surface area contributed by atoms with Gasteiger partial charge in [-0.15, -0.1) is 0 Å². The molecule has 0 unspecified atom stereocenters. The number of fused-ring (bicyclic) bond motifs is 1. The highest BCUT2D eigenvalue weighted by Gasteiger charge is 2.31. The zero-order valence-electron chi connectivity index (χ0n) is 18.7. The first-order valence-electron chi connectivity index (χ1n) is 10.6. The summed E-state index contributed by atoms with van der Waals surface area (Å²) >= 11 is 0. The van der Waals surface area contributed by atoms with Gasteiger partial charge in [-0.2, -0.15) is 4.31 Å². The number of carbonyl (C=O) groups excluding carboxylic acids is 1. The molecule has 0 saturated carbocycles. The van der Waals surface area contributed by atoms with Crippen molar-refractivity contribution >= 4 is 32.5 Å². The Hall–Kier alpha value is -3.24. The number of nitrogens with one attached hydrogen (secondary N) is 1. The van der Waals surface area contributed by atoms with Crippen LogP contribution in [0.3, 0.4) is 0 Å². The van der Waals surface area contributed by atoms with Gasteiger partial charge in [-0.25, -0.2) is 8.42 Å². The summed E-state index contributed by atoms with van der Waals surface area (Å²) in [5.74, 6) is -0.184. The zero-order chi connectivity index (χ0) is 24.0. The van der Waals surface area contributed by atoms with Crippen LogP contribution in [0.5, 0.6) is 0 Å². The van der Waals surface area contributed by atoms with Crippen molar-refractivity contribution < 1.29 is 18.1 Å². The molecular weight excluding hydrogens is 444 g/mol. The Kier molecular flexibility index (Phi) is 5.75. The van der Waals surface area contributed by atoms with E-state index in [1.54, 1.807) is 4.90 Å². The number of aromatic nitrogens is 1. The minimum absolute atomic E-state index is 0.00945. The third kappa shape index (κ3) is 4.49. The monoisotopic (exact) mass is 470 g/mol. The number of aromatic amines is 1. The van der Waals surface area contributed by atoms with Gasteiger partial charge in [0.05, 0.1) is 9.82 Å². The molecule has 9 nitrogen and oxygen atoms in total. The Balaban J connectivity index is 1.48. The Bertz CT molecular complexity index is 1330. The molecular formula is C23H26N4O5S. The molecule has 0 bridgehead atoms. The Labute approximate surface area is 192 Å². The number of hydrogen-bond acceptors (Lipinski definition) is 5. The first-order chi connectivity index (χ1) is 15.5. The fraction of sp³-hybridized carbons (Fsp3) is 0.348. The molecule has 4 rings (SSSR count). The molecule has 2 heterocycles. The fourth-order valence-electron chi connectivity index (χ4n) is 3.92. The second-order valence-corrected chi connectivity index (χ2v) is 11.1. The number of hydrogen-bond donors (Lipinski definition) is 1. The highest BCUT2D eigenvalue weighted by Crippen LogP contribution is 2.27. The van der Waals surface area contributed by atoms with Crippen LogP contribution in [0.15, 0.2) is 53.4 Å². The first kappa shape index (κ1) is 22.9. The molecule has 10 heteroatoms. The number of nitro groups is 1. The van der Waals surface area contributed by atoms with Gasteiger partial charge in [0.1, 0.15) is 5.69 Å². The molecule has 2 aromatic carbocycles. The third-order valence-electron chi connectivity index (χ3n) is 5.91. The zero-order valence-corrected chi connectivity index (χ0v) is 19.6. The van der Waals surface area contributed by atoms with E-state index in [4.69, 9.17) is 0 Å². The minimum atomic E-state index is -3.89. The summed E-state index contributed by atoms with van der Waals surface area (Å²) in [5.41, 5.74) is 2.22. The molecule has 0 spiro atoms. The van der Waals surface area contributed by atoms with Crippen LogP contribution in [0.2, 0.25) is 0 Å². The van der Waals surface area contributed by atoms with E-state index in [-0.39, 0.29) is 48.1 Å². The number of benzene rings is 2. The molecule has 174 valence electrons. The molecule has 1 N–H and O–H groups in total.